The lowest BCUT2D eigenvalue weighted by Crippen LogP contribution is -2.50. The number of benzene rings is 1. The molecule has 9 heteroatoms. The molecule has 3 heterocycles. The Morgan fingerprint density at radius 3 is 2.77 bits per heavy atom. The second-order valence-electron chi connectivity index (χ2n) is 5.95. The van der Waals surface area contributed by atoms with Gasteiger partial charge in [0, 0.05) is 13.1 Å². The van der Waals surface area contributed by atoms with Gasteiger partial charge in [-0.05, 0) is 18.2 Å². The van der Waals surface area contributed by atoms with Gasteiger partial charge in [-0.2, -0.15) is 0 Å². The summed E-state index contributed by atoms with van der Waals surface area (Å²) in [6.45, 7) is 4.38. The van der Waals surface area contributed by atoms with Crippen molar-refractivity contribution < 1.29 is 14.3 Å². The van der Waals surface area contributed by atoms with Crippen LogP contribution in [0.15, 0.2) is 48.3 Å². The molecule has 3 aromatic rings. The molecule has 1 N–H and O–H groups in total. The summed E-state index contributed by atoms with van der Waals surface area (Å²) in [6, 6.07) is 3.72. The van der Waals surface area contributed by atoms with Crippen LogP contribution in [0.3, 0.4) is 0 Å². The summed E-state index contributed by atoms with van der Waals surface area (Å²) in [4.78, 5) is 34.2. The smallest absolute Gasteiger partial charge is 0.286 e. The van der Waals surface area contributed by atoms with Gasteiger partial charge >= 0.3 is 0 Å². The Kier molecular flexibility index (Phi) is 3.57. The van der Waals surface area contributed by atoms with E-state index in [0.29, 0.717) is 18.7 Å². The fourth-order valence-electron chi connectivity index (χ4n) is 3.02. The predicted octanol–water partition coefficient (Wildman–Crippen LogP) is 0.996. The van der Waals surface area contributed by atoms with E-state index in [0.717, 1.165) is 17.0 Å². The van der Waals surface area contributed by atoms with Crippen LogP contribution in [0.5, 0.6) is 5.75 Å². The van der Waals surface area contributed by atoms with E-state index in [2.05, 4.69) is 16.5 Å². The Labute approximate surface area is 146 Å². The molecule has 1 aliphatic heterocycles. The third-order valence-electron chi connectivity index (χ3n) is 4.43. The number of para-hydroxylation sites is 1. The Hall–Kier alpha value is -3.49. The number of hydrogen-bond donors (Lipinski definition) is 1. The van der Waals surface area contributed by atoms with Gasteiger partial charge in [-0.25, -0.2) is 14.4 Å². The third-order valence-corrected chi connectivity index (χ3v) is 4.43. The van der Waals surface area contributed by atoms with Crippen LogP contribution in [0, 0.1) is 5.82 Å². The van der Waals surface area contributed by atoms with E-state index in [1.54, 1.807) is 9.47 Å². The van der Waals surface area contributed by atoms with Gasteiger partial charge in [-0.15, -0.1) is 0 Å². The number of hydrogen-bond acceptors (Lipinski definition) is 5. The molecule has 0 bridgehead atoms. The van der Waals surface area contributed by atoms with Crippen molar-refractivity contribution >= 4 is 17.1 Å². The topological polar surface area (TPSA) is 93.2 Å². The van der Waals surface area contributed by atoms with E-state index >= 15 is 0 Å². The van der Waals surface area contributed by atoms with Gasteiger partial charge in [-0.3, -0.25) is 14.2 Å². The molecule has 132 valence electrons. The van der Waals surface area contributed by atoms with Gasteiger partial charge in [0.15, 0.2) is 17.0 Å². The summed E-state index contributed by atoms with van der Waals surface area (Å²) in [5.41, 5.74) is -0.457. The molecule has 1 amide bonds. The first kappa shape index (κ1) is 16.0. The third kappa shape index (κ3) is 2.28. The second kappa shape index (κ2) is 5.80. The number of aromatic hydroxyl groups is 1. The minimum Gasteiger partial charge on any atom is -0.506 e. The van der Waals surface area contributed by atoms with Crippen molar-refractivity contribution in [3.8, 4) is 11.4 Å². The SMILES string of the molecule is C=CC(=O)N1CC(n2cnc3c(=O)n(-c4c(O)cccc4F)cnc32)C1. The number of likely N-dealkylation sites (tertiary alicyclic amines) is 1. The Morgan fingerprint density at radius 2 is 2.08 bits per heavy atom. The van der Waals surface area contributed by atoms with Crippen LogP contribution in [-0.4, -0.2) is 48.1 Å². The number of aromatic nitrogens is 4. The minimum absolute atomic E-state index is 0.0477. The monoisotopic (exact) mass is 355 g/mol. The van der Waals surface area contributed by atoms with Gasteiger partial charge in [0.25, 0.3) is 5.56 Å². The highest BCUT2D eigenvalue weighted by molar-refractivity contribution is 5.87. The molecule has 1 aromatic carbocycles. The van der Waals surface area contributed by atoms with E-state index in [1.165, 1.54) is 24.5 Å². The van der Waals surface area contributed by atoms with E-state index in [1.807, 2.05) is 0 Å². The van der Waals surface area contributed by atoms with Crippen molar-refractivity contribution in [3.05, 3.63) is 59.7 Å². The number of phenolic OH excluding ortho intramolecular Hbond substituents is 1. The number of phenols is 1. The summed E-state index contributed by atoms with van der Waals surface area (Å²) < 4.78 is 16.7. The minimum atomic E-state index is -0.745. The highest BCUT2D eigenvalue weighted by Gasteiger charge is 2.32. The highest BCUT2D eigenvalue weighted by atomic mass is 19.1. The molecule has 4 rings (SSSR count). The number of nitrogens with zero attached hydrogens (tertiary/aromatic N) is 5. The quantitative estimate of drug-likeness (QED) is 0.708. The van der Waals surface area contributed by atoms with Crippen molar-refractivity contribution in [3.63, 3.8) is 0 Å². The summed E-state index contributed by atoms with van der Waals surface area (Å²) in [5, 5.41) is 9.89. The lowest BCUT2D eigenvalue weighted by Gasteiger charge is -2.39. The Bertz CT molecular complexity index is 1080. The van der Waals surface area contributed by atoms with E-state index in [-0.39, 0.29) is 28.9 Å². The first-order valence-electron chi connectivity index (χ1n) is 7.84. The molecule has 0 unspecified atom stereocenters. The summed E-state index contributed by atoms with van der Waals surface area (Å²) in [5.74, 6) is -1.27. The molecular weight excluding hydrogens is 341 g/mol. The van der Waals surface area contributed by atoms with E-state index < -0.39 is 11.4 Å². The van der Waals surface area contributed by atoms with Crippen molar-refractivity contribution in [2.24, 2.45) is 0 Å². The van der Waals surface area contributed by atoms with Crippen LogP contribution in [0.4, 0.5) is 4.39 Å². The van der Waals surface area contributed by atoms with E-state index in [9.17, 15) is 19.1 Å². The van der Waals surface area contributed by atoms with Crippen LogP contribution in [0.1, 0.15) is 6.04 Å². The number of fused-ring (bicyclic) bond motifs is 1. The van der Waals surface area contributed by atoms with Crippen molar-refractivity contribution in [2.45, 2.75) is 6.04 Å². The molecule has 0 spiro atoms. The highest BCUT2D eigenvalue weighted by Crippen LogP contribution is 2.26. The molecule has 1 saturated heterocycles. The molecule has 8 nitrogen and oxygen atoms in total. The molecule has 1 fully saturated rings. The first-order chi connectivity index (χ1) is 12.5. The maximum atomic E-state index is 14.0. The van der Waals surface area contributed by atoms with Gasteiger partial charge < -0.3 is 14.6 Å². The van der Waals surface area contributed by atoms with Crippen molar-refractivity contribution in [2.75, 3.05) is 13.1 Å². The zero-order chi connectivity index (χ0) is 18.4. The zero-order valence-electron chi connectivity index (χ0n) is 13.5. The second-order valence-corrected chi connectivity index (χ2v) is 5.95. The summed E-state index contributed by atoms with van der Waals surface area (Å²) in [7, 11) is 0. The van der Waals surface area contributed by atoms with Crippen molar-refractivity contribution in [1.82, 2.24) is 24.0 Å². The van der Waals surface area contributed by atoms with Crippen LogP contribution in [0.2, 0.25) is 0 Å². The normalized spacial score (nSPS) is 14.4. The average Bonchev–Trinajstić information content (AvgIpc) is 2.99. The Morgan fingerprint density at radius 1 is 1.31 bits per heavy atom. The van der Waals surface area contributed by atoms with Gasteiger partial charge in [-0.1, -0.05) is 12.6 Å². The molecule has 0 radical (unpaired) electrons. The lowest BCUT2D eigenvalue weighted by molar-refractivity contribution is -0.131. The zero-order valence-corrected chi connectivity index (χ0v) is 13.5. The van der Waals surface area contributed by atoms with Crippen molar-refractivity contribution in [1.29, 1.82) is 0 Å². The number of carbonyl (C=O) groups excluding carboxylic acids is 1. The molecule has 0 aliphatic carbocycles. The molecule has 1 aliphatic rings. The lowest BCUT2D eigenvalue weighted by atomic mass is 10.1. The molecule has 26 heavy (non-hydrogen) atoms. The molecule has 0 atom stereocenters. The fraction of sp³-hybridized carbons (Fsp3) is 0.176. The number of carbonyl (C=O) groups is 1. The van der Waals surface area contributed by atoms with Crippen LogP contribution in [0.25, 0.3) is 16.9 Å². The van der Waals surface area contributed by atoms with Crippen LogP contribution < -0.4 is 5.56 Å². The Balaban J connectivity index is 1.74. The largest absolute Gasteiger partial charge is 0.506 e. The molecular formula is C17H14FN5O3. The number of imidazole rings is 1. The standard InChI is InChI=1S/C17H14FN5O3/c1-2-13(25)21-6-10(7-21)22-8-19-14-16(22)20-9-23(17(14)26)15-11(18)4-3-5-12(15)24/h2-5,8-10,24H,1,6-7H2. The first-order valence-corrected chi connectivity index (χ1v) is 7.84. The summed E-state index contributed by atoms with van der Waals surface area (Å²) >= 11 is 0. The van der Waals surface area contributed by atoms with Crippen LogP contribution >= 0.6 is 0 Å². The molecule has 2 aromatic heterocycles. The maximum Gasteiger partial charge on any atom is 0.286 e. The van der Waals surface area contributed by atoms with Gasteiger partial charge in [0.05, 0.1) is 12.4 Å². The predicted molar refractivity (Wildman–Crippen MR) is 90.6 cm³/mol. The van der Waals surface area contributed by atoms with Gasteiger partial charge in [0.2, 0.25) is 5.91 Å². The number of amides is 1. The average molecular weight is 355 g/mol. The van der Waals surface area contributed by atoms with Gasteiger partial charge in [0.1, 0.15) is 17.8 Å². The maximum absolute atomic E-state index is 14.0. The number of rotatable bonds is 3. The number of halogens is 1. The van der Waals surface area contributed by atoms with Crippen LogP contribution in [-0.2, 0) is 4.79 Å². The summed E-state index contributed by atoms with van der Waals surface area (Å²) in [6.07, 6.45) is 3.89. The van der Waals surface area contributed by atoms with E-state index in [4.69, 9.17) is 0 Å². The fourth-order valence-corrected chi connectivity index (χ4v) is 3.02. The molecule has 0 saturated carbocycles.